The first-order valence-electron chi connectivity index (χ1n) is 4.58. The van der Waals surface area contributed by atoms with E-state index >= 15 is 0 Å². The summed E-state index contributed by atoms with van der Waals surface area (Å²) in [5.41, 5.74) is 6.16. The summed E-state index contributed by atoms with van der Waals surface area (Å²) in [7, 11) is 0. The van der Waals surface area contributed by atoms with Gasteiger partial charge in [0, 0.05) is 12.5 Å². The molecule has 0 atom stereocenters. The molecule has 6 nitrogen and oxygen atoms in total. The van der Waals surface area contributed by atoms with Crippen molar-refractivity contribution in [2.45, 2.75) is 6.42 Å². The normalized spacial score (nSPS) is 10.5. The molecule has 0 radical (unpaired) electrons. The Labute approximate surface area is 86.3 Å². The summed E-state index contributed by atoms with van der Waals surface area (Å²) in [5.74, 6) is 0.866. The molecule has 2 rings (SSSR count). The molecule has 0 saturated heterocycles. The predicted octanol–water partition coefficient (Wildman–Crippen LogP) is -0.131. The van der Waals surface area contributed by atoms with Crippen LogP contribution in [0, 0.1) is 0 Å². The maximum atomic E-state index is 9.33. The molecule has 0 amide bonds. The number of tetrazole rings is 1. The first kappa shape index (κ1) is 9.60. The van der Waals surface area contributed by atoms with Gasteiger partial charge in [0.1, 0.15) is 5.75 Å². The third-order valence-electron chi connectivity index (χ3n) is 1.98. The Morgan fingerprint density at radius 2 is 2.27 bits per heavy atom. The minimum Gasteiger partial charge on any atom is -0.508 e. The van der Waals surface area contributed by atoms with Crippen LogP contribution in [-0.2, 0) is 6.42 Å². The minimum atomic E-state index is 0.182. The number of rotatable bonds is 3. The predicted molar refractivity (Wildman–Crippen MR) is 53.6 cm³/mol. The summed E-state index contributed by atoms with van der Waals surface area (Å²) in [6, 6.07) is 6.74. The number of hydrogen-bond donors (Lipinski definition) is 2. The molecule has 0 spiro atoms. The molecule has 0 fully saturated rings. The summed E-state index contributed by atoms with van der Waals surface area (Å²) < 4.78 is 1.56. The van der Waals surface area contributed by atoms with Crippen LogP contribution in [0.2, 0.25) is 0 Å². The van der Waals surface area contributed by atoms with Crippen LogP contribution in [0.3, 0.4) is 0 Å². The number of nitrogens with zero attached hydrogens (tertiary/aromatic N) is 4. The van der Waals surface area contributed by atoms with Crippen molar-refractivity contribution in [2.75, 3.05) is 6.54 Å². The Kier molecular flexibility index (Phi) is 2.59. The van der Waals surface area contributed by atoms with Crippen LogP contribution >= 0.6 is 0 Å². The first-order chi connectivity index (χ1) is 7.31. The summed E-state index contributed by atoms with van der Waals surface area (Å²) in [5, 5.41) is 20.6. The Morgan fingerprint density at radius 3 is 3.00 bits per heavy atom. The largest absolute Gasteiger partial charge is 0.508 e. The molecule has 1 aromatic heterocycles. The summed E-state index contributed by atoms with van der Waals surface area (Å²) in [6.07, 6.45) is 0.600. The summed E-state index contributed by atoms with van der Waals surface area (Å²) in [6.45, 7) is 0.485. The van der Waals surface area contributed by atoms with Crippen molar-refractivity contribution in [3.8, 4) is 11.4 Å². The van der Waals surface area contributed by atoms with Crippen LogP contribution in [0.1, 0.15) is 5.82 Å². The number of nitrogens with two attached hydrogens (primary N) is 1. The van der Waals surface area contributed by atoms with E-state index in [1.807, 2.05) is 6.07 Å². The molecule has 2 aromatic rings. The van der Waals surface area contributed by atoms with E-state index in [2.05, 4.69) is 15.5 Å². The third kappa shape index (κ3) is 1.94. The molecular weight excluding hydrogens is 194 g/mol. The second-order valence-corrected chi connectivity index (χ2v) is 3.07. The lowest BCUT2D eigenvalue weighted by atomic mass is 10.3. The van der Waals surface area contributed by atoms with E-state index in [-0.39, 0.29) is 5.75 Å². The lowest BCUT2D eigenvalue weighted by Crippen LogP contribution is -2.09. The van der Waals surface area contributed by atoms with Crippen molar-refractivity contribution in [2.24, 2.45) is 5.73 Å². The Morgan fingerprint density at radius 1 is 1.40 bits per heavy atom. The Balaban J connectivity index is 2.40. The molecule has 0 saturated carbocycles. The molecule has 0 unspecified atom stereocenters. The smallest absolute Gasteiger partial charge is 0.157 e. The SMILES string of the molecule is NCCc1nnnn1-c1cccc(O)c1. The lowest BCUT2D eigenvalue weighted by Gasteiger charge is -2.03. The van der Waals surface area contributed by atoms with Crippen LogP contribution in [0.25, 0.3) is 5.69 Å². The van der Waals surface area contributed by atoms with Gasteiger partial charge in [0.2, 0.25) is 0 Å². The zero-order valence-electron chi connectivity index (χ0n) is 8.04. The zero-order chi connectivity index (χ0) is 10.7. The van der Waals surface area contributed by atoms with Gasteiger partial charge in [0.05, 0.1) is 5.69 Å². The van der Waals surface area contributed by atoms with E-state index in [0.717, 1.165) is 5.69 Å². The van der Waals surface area contributed by atoms with Gasteiger partial charge in [-0.2, -0.15) is 4.68 Å². The number of hydrogen-bond acceptors (Lipinski definition) is 5. The van der Waals surface area contributed by atoms with Gasteiger partial charge in [0.25, 0.3) is 0 Å². The van der Waals surface area contributed by atoms with Gasteiger partial charge in [-0.1, -0.05) is 6.07 Å². The third-order valence-corrected chi connectivity index (χ3v) is 1.98. The summed E-state index contributed by atoms with van der Waals surface area (Å²) in [4.78, 5) is 0. The highest BCUT2D eigenvalue weighted by Gasteiger charge is 2.07. The van der Waals surface area contributed by atoms with Crippen molar-refractivity contribution in [1.29, 1.82) is 0 Å². The van der Waals surface area contributed by atoms with Crippen molar-refractivity contribution in [3.05, 3.63) is 30.1 Å². The molecule has 3 N–H and O–H groups in total. The second-order valence-electron chi connectivity index (χ2n) is 3.07. The molecule has 0 aliphatic heterocycles. The molecule has 0 aliphatic rings. The van der Waals surface area contributed by atoms with Crippen molar-refractivity contribution < 1.29 is 5.11 Å². The second kappa shape index (κ2) is 4.05. The van der Waals surface area contributed by atoms with Gasteiger partial charge in [-0.05, 0) is 29.1 Å². The number of aromatic nitrogens is 4. The van der Waals surface area contributed by atoms with Gasteiger partial charge in [-0.25, -0.2) is 0 Å². The molecular formula is C9H11N5O. The van der Waals surface area contributed by atoms with Gasteiger partial charge in [0.15, 0.2) is 5.82 Å². The lowest BCUT2D eigenvalue weighted by molar-refractivity contribution is 0.474. The fraction of sp³-hybridized carbons (Fsp3) is 0.222. The van der Waals surface area contributed by atoms with E-state index in [0.29, 0.717) is 18.8 Å². The Hall–Kier alpha value is -1.95. The summed E-state index contributed by atoms with van der Waals surface area (Å²) >= 11 is 0. The molecule has 0 bridgehead atoms. The highest BCUT2D eigenvalue weighted by Crippen LogP contribution is 2.14. The number of aromatic hydroxyl groups is 1. The van der Waals surface area contributed by atoms with E-state index in [9.17, 15) is 5.11 Å². The monoisotopic (exact) mass is 205 g/mol. The van der Waals surface area contributed by atoms with Crippen molar-refractivity contribution >= 4 is 0 Å². The van der Waals surface area contributed by atoms with Crippen LogP contribution in [0.5, 0.6) is 5.75 Å². The standard InChI is InChI=1S/C9H11N5O/c10-5-4-9-11-12-13-14(9)7-2-1-3-8(15)6-7/h1-3,6,15H,4-5,10H2. The van der Waals surface area contributed by atoms with Crippen molar-refractivity contribution in [1.82, 2.24) is 20.2 Å². The fourth-order valence-corrected chi connectivity index (χ4v) is 1.32. The van der Waals surface area contributed by atoms with E-state index in [4.69, 9.17) is 5.73 Å². The topological polar surface area (TPSA) is 89.9 Å². The average Bonchev–Trinajstić information content (AvgIpc) is 2.66. The molecule has 1 heterocycles. The maximum Gasteiger partial charge on any atom is 0.157 e. The number of phenolic OH excluding ortho intramolecular Hbond substituents is 1. The maximum absolute atomic E-state index is 9.33. The van der Waals surface area contributed by atoms with E-state index < -0.39 is 0 Å². The highest BCUT2D eigenvalue weighted by molar-refractivity contribution is 5.37. The number of benzene rings is 1. The average molecular weight is 205 g/mol. The van der Waals surface area contributed by atoms with Gasteiger partial charge < -0.3 is 10.8 Å². The molecule has 15 heavy (non-hydrogen) atoms. The molecule has 0 aliphatic carbocycles. The van der Waals surface area contributed by atoms with Crippen LogP contribution < -0.4 is 5.73 Å². The highest BCUT2D eigenvalue weighted by atomic mass is 16.3. The fourth-order valence-electron chi connectivity index (χ4n) is 1.32. The van der Waals surface area contributed by atoms with Crippen LogP contribution in [0.15, 0.2) is 24.3 Å². The molecule has 1 aromatic carbocycles. The zero-order valence-corrected chi connectivity index (χ0v) is 8.04. The first-order valence-corrected chi connectivity index (χ1v) is 4.58. The number of phenols is 1. The van der Waals surface area contributed by atoms with Gasteiger partial charge >= 0.3 is 0 Å². The molecule has 6 heteroatoms. The molecule has 78 valence electrons. The van der Waals surface area contributed by atoms with Gasteiger partial charge in [-0.3, -0.25) is 0 Å². The van der Waals surface area contributed by atoms with E-state index in [1.165, 1.54) is 0 Å². The van der Waals surface area contributed by atoms with E-state index in [1.54, 1.807) is 22.9 Å². The van der Waals surface area contributed by atoms with Crippen LogP contribution in [-0.4, -0.2) is 31.9 Å². The quantitative estimate of drug-likeness (QED) is 0.728. The van der Waals surface area contributed by atoms with Crippen LogP contribution in [0.4, 0.5) is 0 Å². The van der Waals surface area contributed by atoms with Gasteiger partial charge in [-0.15, -0.1) is 5.10 Å². The Bertz CT molecular complexity index is 453. The minimum absolute atomic E-state index is 0.182. The van der Waals surface area contributed by atoms with Crippen molar-refractivity contribution in [3.63, 3.8) is 0 Å².